The topological polar surface area (TPSA) is 162 Å². The van der Waals surface area contributed by atoms with Crippen LogP contribution in [0.4, 0.5) is 17.3 Å². The Labute approximate surface area is 259 Å². The van der Waals surface area contributed by atoms with E-state index >= 15 is 0 Å². The van der Waals surface area contributed by atoms with Crippen molar-refractivity contribution in [3.63, 3.8) is 0 Å². The van der Waals surface area contributed by atoms with Gasteiger partial charge in [0.05, 0.1) is 38.2 Å². The van der Waals surface area contributed by atoms with E-state index in [0.717, 1.165) is 22.2 Å². The Morgan fingerprint density at radius 3 is 2.42 bits per heavy atom. The zero-order chi connectivity index (χ0) is 31.9. The molecule has 0 unspecified atom stereocenters. The molecule has 0 aliphatic heterocycles. The van der Waals surface area contributed by atoms with Gasteiger partial charge in [-0.05, 0) is 60.5 Å². The van der Waals surface area contributed by atoms with E-state index < -0.39 is 24.5 Å². The van der Waals surface area contributed by atoms with Gasteiger partial charge in [0.2, 0.25) is 0 Å². The zero-order valence-electron chi connectivity index (χ0n) is 25.2. The summed E-state index contributed by atoms with van der Waals surface area (Å²) in [6.45, 7) is 1.57. The third-order valence-corrected chi connectivity index (χ3v) is 7.03. The number of methoxy groups -OCH3 is 2. The van der Waals surface area contributed by atoms with Crippen molar-refractivity contribution in [3.05, 3.63) is 90.0 Å². The molecule has 2 aromatic heterocycles. The van der Waals surface area contributed by atoms with E-state index in [1.807, 2.05) is 73.1 Å². The van der Waals surface area contributed by atoms with E-state index in [0.29, 0.717) is 29.5 Å². The number of carbonyl (C=O) groups excluding carboxylic acids is 2. The number of hydrogen-bond donors (Lipinski definition) is 4. The minimum Gasteiger partial charge on any atom is -0.497 e. The first-order valence-electron chi connectivity index (χ1n) is 14.0. The standard InChI is InChI=1S/C32H33N7O6/c1-19-13-21(7-12-27(19)45-23-10-11-26-24(14-23)36-18-39(26)2)37-30-28(31(41)38-25(16-40)32(42)44-4)29(34-17-35-30)33-15-20-5-8-22(43-3)9-6-20/h5-14,17-18,25,40H,15-16H2,1-4H3,(H,38,41)(H2,33,34,35,37)/t25-/m0/s1. The van der Waals surface area contributed by atoms with Gasteiger partial charge >= 0.3 is 5.97 Å². The molecule has 0 bridgehead atoms. The second kappa shape index (κ2) is 13.7. The first-order chi connectivity index (χ1) is 21.8. The van der Waals surface area contributed by atoms with E-state index in [1.165, 1.54) is 13.4 Å². The summed E-state index contributed by atoms with van der Waals surface area (Å²) in [5.74, 6) is 0.906. The number of aliphatic hydroxyl groups is 1. The quantitative estimate of drug-likeness (QED) is 0.150. The molecule has 0 saturated heterocycles. The average Bonchev–Trinajstić information content (AvgIpc) is 3.43. The molecule has 2 heterocycles. The van der Waals surface area contributed by atoms with Crippen molar-refractivity contribution in [2.45, 2.75) is 19.5 Å². The van der Waals surface area contributed by atoms with E-state index in [2.05, 4.69) is 30.9 Å². The fourth-order valence-electron chi connectivity index (χ4n) is 4.60. The molecule has 4 N–H and O–H groups in total. The van der Waals surface area contributed by atoms with Crippen LogP contribution in [0.15, 0.2) is 73.3 Å². The fraction of sp³-hybridized carbons (Fsp3) is 0.219. The second-order valence-corrected chi connectivity index (χ2v) is 10.1. The third-order valence-electron chi connectivity index (χ3n) is 7.03. The zero-order valence-corrected chi connectivity index (χ0v) is 25.2. The van der Waals surface area contributed by atoms with Crippen LogP contribution in [0.25, 0.3) is 11.0 Å². The highest BCUT2D eigenvalue weighted by Crippen LogP contribution is 2.31. The summed E-state index contributed by atoms with van der Waals surface area (Å²) in [5.41, 5.74) is 4.22. The van der Waals surface area contributed by atoms with Gasteiger partial charge in [-0.15, -0.1) is 0 Å². The van der Waals surface area contributed by atoms with Gasteiger partial charge in [0, 0.05) is 25.3 Å². The molecule has 1 atom stereocenters. The van der Waals surface area contributed by atoms with Crippen molar-refractivity contribution in [2.75, 3.05) is 31.5 Å². The average molecular weight is 612 g/mol. The summed E-state index contributed by atoms with van der Waals surface area (Å²) in [4.78, 5) is 38.7. The molecule has 0 fully saturated rings. The number of ether oxygens (including phenoxy) is 3. The number of aliphatic hydroxyl groups excluding tert-OH is 1. The Hall–Kier alpha value is -5.69. The molecule has 0 radical (unpaired) electrons. The minimum atomic E-state index is -1.28. The molecule has 0 spiro atoms. The normalized spacial score (nSPS) is 11.5. The van der Waals surface area contributed by atoms with Gasteiger partial charge < -0.3 is 39.8 Å². The number of carbonyl (C=O) groups is 2. The van der Waals surface area contributed by atoms with Crippen LogP contribution in [-0.2, 0) is 23.1 Å². The monoisotopic (exact) mass is 611 g/mol. The largest absolute Gasteiger partial charge is 0.497 e. The summed E-state index contributed by atoms with van der Waals surface area (Å²) in [6.07, 6.45) is 3.07. The number of benzene rings is 3. The van der Waals surface area contributed by atoms with Gasteiger partial charge in [0.1, 0.15) is 40.8 Å². The second-order valence-electron chi connectivity index (χ2n) is 10.1. The number of amides is 1. The van der Waals surface area contributed by atoms with Crippen LogP contribution in [0.5, 0.6) is 17.2 Å². The summed E-state index contributed by atoms with van der Waals surface area (Å²) < 4.78 is 18.0. The van der Waals surface area contributed by atoms with Crippen LogP contribution in [0, 0.1) is 6.92 Å². The van der Waals surface area contributed by atoms with Crippen LogP contribution < -0.4 is 25.4 Å². The van der Waals surface area contributed by atoms with E-state index in [1.54, 1.807) is 19.5 Å². The number of hydrogen-bond acceptors (Lipinski definition) is 11. The van der Waals surface area contributed by atoms with E-state index in [9.17, 15) is 14.7 Å². The lowest BCUT2D eigenvalue weighted by Crippen LogP contribution is -2.44. The van der Waals surface area contributed by atoms with E-state index in [4.69, 9.17) is 14.2 Å². The number of nitrogens with zero attached hydrogens (tertiary/aromatic N) is 4. The minimum absolute atomic E-state index is 0.0370. The van der Waals surface area contributed by atoms with Gasteiger partial charge in [0.25, 0.3) is 5.91 Å². The van der Waals surface area contributed by atoms with Crippen LogP contribution in [0.2, 0.25) is 0 Å². The van der Waals surface area contributed by atoms with Crippen molar-refractivity contribution in [3.8, 4) is 17.2 Å². The maximum Gasteiger partial charge on any atom is 0.330 e. The summed E-state index contributed by atoms with van der Waals surface area (Å²) in [6, 6.07) is 17.3. The lowest BCUT2D eigenvalue weighted by atomic mass is 10.1. The molecule has 13 heteroatoms. The number of anilines is 3. The molecule has 0 saturated carbocycles. The van der Waals surface area contributed by atoms with E-state index in [-0.39, 0.29) is 17.2 Å². The maximum atomic E-state index is 13.5. The molecule has 0 aliphatic rings. The fourth-order valence-corrected chi connectivity index (χ4v) is 4.60. The first kappa shape index (κ1) is 30.8. The Morgan fingerprint density at radius 1 is 0.956 bits per heavy atom. The van der Waals surface area contributed by atoms with Gasteiger partial charge in [-0.1, -0.05) is 12.1 Å². The van der Waals surface area contributed by atoms with Crippen LogP contribution in [0.3, 0.4) is 0 Å². The number of imidazole rings is 1. The number of rotatable bonds is 12. The lowest BCUT2D eigenvalue weighted by Gasteiger charge is -2.19. The number of fused-ring (bicyclic) bond motifs is 1. The highest BCUT2D eigenvalue weighted by atomic mass is 16.5. The van der Waals surface area contributed by atoms with Gasteiger partial charge in [-0.25, -0.2) is 19.7 Å². The van der Waals surface area contributed by atoms with Gasteiger partial charge in [-0.3, -0.25) is 4.79 Å². The first-order valence-corrected chi connectivity index (χ1v) is 14.0. The van der Waals surface area contributed by atoms with Gasteiger partial charge in [0.15, 0.2) is 6.04 Å². The number of nitrogens with one attached hydrogen (secondary N) is 3. The Morgan fingerprint density at radius 2 is 1.71 bits per heavy atom. The predicted molar refractivity (Wildman–Crippen MR) is 168 cm³/mol. The van der Waals surface area contributed by atoms with Crippen molar-refractivity contribution in [2.24, 2.45) is 7.05 Å². The molecule has 232 valence electrons. The number of aromatic nitrogens is 4. The maximum absolute atomic E-state index is 13.5. The molecular weight excluding hydrogens is 578 g/mol. The molecule has 45 heavy (non-hydrogen) atoms. The van der Waals surface area contributed by atoms with Crippen molar-refractivity contribution < 1.29 is 28.9 Å². The molecular formula is C32H33N7O6. The molecule has 1 amide bonds. The third kappa shape index (κ3) is 7.11. The number of esters is 1. The van der Waals surface area contributed by atoms with Crippen molar-refractivity contribution >= 4 is 40.2 Å². The smallest absolute Gasteiger partial charge is 0.330 e. The van der Waals surface area contributed by atoms with Crippen molar-refractivity contribution in [1.82, 2.24) is 24.8 Å². The highest BCUT2D eigenvalue weighted by molar-refractivity contribution is 6.05. The van der Waals surface area contributed by atoms with Gasteiger partial charge in [-0.2, -0.15) is 0 Å². The molecule has 0 aliphatic carbocycles. The molecule has 13 nitrogen and oxygen atoms in total. The lowest BCUT2D eigenvalue weighted by molar-refractivity contribution is -0.143. The molecule has 5 aromatic rings. The highest BCUT2D eigenvalue weighted by Gasteiger charge is 2.26. The summed E-state index contributed by atoms with van der Waals surface area (Å²) in [7, 11) is 4.69. The Bertz CT molecular complexity index is 1820. The number of aryl methyl sites for hydroxylation is 2. The molecule has 5 rings (SSSR count). The van der Waals surface area contributed by atoms with Crippen LogP contribution in [-0.4, -0.2) is 63.4 Å². The Balaban J connectivity index is 1.40. The van der Waals surface area contributed by atoms with Crippen LogP contribution in [0.1, 0.15) is 21.5 Å². The van der Waals surface area contributed by atoms with Crippen LogP contribution >= 0.6 is 0 Å². The van der Waals surface area contributed by atoms with Crippen molar-refractivity contribution in [1.29, 1.82) is 0 Å². The summed E-state index contributed by atoms with van der Waals surface area (Å²) >= 11 is 0. The summed E-state index contributed by atoms with van der Waals surface area (Å²) in [5, 5.41) is 18.6. The predicted octanol–water partition coefficient (Wildman–Crippen LogP) is 4.09. The SMILES string of the molecule is COC(=O)[C@H](CO)NC(=O)c1c(NCc2ccc(OC)cc2)ncnc1Nc1ccc(Oc2ccc3c(c2)ncn3C)c(C)c1. The Kier molecular flexibility index (Phi) is 9.39. The molecule has 3 aromatic carbocycles.